The first kappa shape index (κ1) is 22.5. The molecule has 0 saturated carbocycles. The lowest BCUT2D eigenvalue weighted by molar-refractivity contribution is 0.151. The van der Waals surface area contributed by atoms with Crippen molar-refractivity contribution in [3.63, 3.8) is 0 Å². The maximum atomic E-state index is 14.4. The zero-order chi connectivity index (χ0) is 22.9. The number of nitrogens with one attached hydrogen (secondary N) is 1. The van der Waals surface area contributed by atoms with E-state index in [9.17, 15) is 13.2 Å². The first-order valence-electron chi connectivity index (χ1n) is 9.90. The molecule has 0 spiro atoms. The normalized spacial score (nSPS) is 18.2. The van der Waals surface area contributed by atoms with Crippen LogP contribution in [0.3, 0.4) is 0 Å². The Morgan fingerprint density at radius 2 is 2.09 bits per heavy atom. The van der Waals surface area contributed by atoms with Gasteiger partial charge in [-0.1, -0.05) is 12.1 Å². The molecule has 0 bridgehead atoms. The Balaban J connectivity index is 1.62. The van der Waals surface area contributed by atoms with E-state index in [0.29, 0.717) is 41.6 Å². The van der Waals surface area contributed by atoms with E-state index in [1.54, 1.807) is 19.1 Å². The zero-order valence-electron chi connectivity index (χ0n) is 17.4. The topological polar surface area (TPSA) is 50.3 Å². The highest BCUT2D eigenvalue weighted by molar-refractivity contribution is 7.80. The van der Waals surface area contributed by atoms with Gasteiger partial charge in [-0.15, -0.1) is 0 Å². The molecule has 10 heteroatoms. The molecule has 2 heterocycles. The van der Waals surface area contributed by atoms with E-state index in [1.807, 2.05) is 11.0 Å². The van der Waals surface area contributed by atoms with Gasteiger partial charge in [0.1, 0.15) is 22.9 Å². The molecule has 0 amide bonds. The number of hydrogen-bond donors (Lipinski definition) is 1. The Morgan fingerprint density at radius 1 is 1.28 bits per heavy atom. The van der Waals surface area contributed by atoms with Crippen LogP contribution in [-0.4, -0.2) is 39.6 Å². The Morgan fingerprint density at radius 3 is 2.75 bits per heavy atom. The number of nitrogens with zero attached hydrogens (tertiary/aromatic N) is 3. The number of halogens is 3. The number of anilines is 1. The number of rotatable bonds is 5. The van der Waals surface area contributed by atoms with Crippen molar-refractivity contribution in [3.05, 3.63) is 70.2 Å². The highest BCUT2D eigenvalue weighted by atomic mass is 32.1. The molecule has 0 aliphatic carbocycles. The average Bonchev–Trinajstić information content (AvgIpc) is 3.46. The van der Waals surface area contributed by atoms with Crippen molar-refractivity contribution < 1.29 is 17.9 Å². The van der Waals surface area contributed by atoms with Gasteiger partial charge >= 0.3 is 0 Å². The number of likely N-dealkylation sites (tertiary alicyclic amines) is 1. The molecule has 1 saturated heterocycles. The predicted molar refractivity (Wildman–Crippen MR) is 122 cm³/mol. The molecular weight excluding hydrogens is 457 g/mol. The summed E-state index contributed by atoms with van der Waals surface area (Å²) in [7, 11) is 1.47. The third-order valence-corrected chi connectivity index (χ3v) is 7.00. The lowest BCUT2D eigenvalue weighted by atomic mass is 9.80. The minimum atomic E-state index is -2.61. The summed E-state index contributed by atoms with van der Waals surface area (Å²) in [6.07, 6.45) is -0.462. The summed E-state index contributed by atoms with van der Waals surface area (Å²) in [6, 6.07) is 9.35. The maximum Gasteiger partial charge on any atom is 0.263 e. The fraction of sp³-hybridized carbons (Fsp3) is 0.318. The van der Waals surface area contributed by atoms with Crippen LogP contribution >= 0.6 is 23.8 Å². The Bertz CT molecular complexity index is 1130. The average molecular weight is 479 g/mol. The summed E-state index contributed by atoms with van der Waals surface area (Å²) in [4.78, 5) is 6.36. The molecule has 1 fully saturated rings. The molecule has 1 N–H and O–H groups in total. The van der Waals surface area contributed by atoms with Crippen LogP contribution in [0.15, 0.2) is 42.7 Å². The van der Waals surface area contributed by atoms with Crippen molar-refractivity contribution in [3.8, 4) is 5.75 Å². The van der Waals surface area contributed by atoms with E-state index in [0.717, 1.165) is 10.6 Å². The van der Waals surface area contributed by atoms with Gasteiger partial charge in [-0.3, -0.25) is 0 Å². The lowest BCUT2D eigenvalue weighted by Crippen LogP contribution is -2.37. The van der Waals surface area contributed by atoms with Gasteiger partial charge in [0.25, 0.3) is 6.43 Å². The summed E-state index contributed by atoms with van der Waals surface area (Å²) >= 11 is 6.88. The second-order valence-electron chi connectivity index (χ2n) is 7.65. The molecule has 0 radical (unpaired) electrons. The summed E-state index contributed by atoms with van der Waals surface area (Å²) in [6.45, 7) is 2.75. The predicted octanol–water partition coefficient (Wildman–Crippen LogP) is 5.32. The Kier molecular flexibility index (Phi) is 6.34. The zero-order valence-corrected chi connectivity index (χ0v) is 19.1. The first-order valence-corrected chi connectivity index (χ1v) is 11.1. The molecule has 5 nitrogen and oxygen atoms in total. The van der Waals surface area contributed by atoms with E-state index in [2.05, 4.69) is 14.7 Å². The van der Waals surface area contributed by atoms with Crippen LogP contribution in [0, 0.1) is 12.7 Å². The van der Waals surface area contributed by atoms with Gasteiger partial charge in [0.05, 0.1) is 18.2 Å². The molecule has 1 aliphatic heterocycles. The summed E-state index contributed by atoms with van der Waals surface area (Å²) in [5, 5.41) is 4.20. The van der Waals surface area contributed by atoms with Gasteiger partial charge in [-0.05, 0) is 72.5 Å². The summed E-state index contributed by atoms with van der Waals surface area (Å²) in [5.74, 6) is 0.131. The second kappa shape index (κ2) is 9.03. The fourth-order valence-corrected chi connectivity index (χ4v) is 4.96. The molecule has 32 heavy (non-hydrogen) atoms. The molecule has 0 unspecified atom stereocenters. The Labute approximate surface area is 193 Å². The van der Waals surface area contributed by atoms with Crippen molar-refractivity contribution in [2.45, 2.75) is 25.2 Å². The summed E-state index contributed by atoms with van der Waals surface area (Å²) < 4.78 is 50.2. The van der Waals surface area contributed by atoms with Crippen molar-refractivity contribution in [1.29, 1.82) is 0 Å². The number of ether oxygens (including phenoxy) is 1. The smallest absolute Gasteiger partial charge is 0.263 e. The number of hydrogen-bond acceptors (Lipinski definition) is 5. The SMILES string of the molecule is COc1ccc(C(F)F)cc1NC(=S)N1CC[C@](c2ccc(C)c(F)c2)(c2ncns2)C1. The molecule has 1 aromatic heterocycles. The van der Waals surface area contributed by atoms with E-state index >= 15 is 0 Å². The molecule has 1 aliphatic rings. The highest BCUT2D eigenvalue weighted by Gasteiger charge is 2.44. The van der Waals surface area contributed by atoms with Crippen molar-refractivity contribution in [2.75, 3.05) is 25.5 Å². The van der Waals surface area contributed by atoms with E-state index in [1.165, 1.54) is 43.2 Å². The van der Waals surface area contributed by atoms with Crippen LogP contribution in [0.1, 0.15) is 34.5 Å². The van der Waals surface area contributed by atoms with Crippen LogP contribution in [0.25, 0.3) is 0 Å². The van der Waals surface area contributed by atoms with Crippen LogP contribution in [0.4, 0.5) is 18.9 Å². The third-order valence-electron chi connectivity index (χ3n) is 5.77. The number of thiocarbonyl (C=S) groups is 1. The maximum absolute atomic E-state index is 14.4. The van der Waals surface area contributed by atoms with Crippen molar-refractivity contribution in [2.24, 2.45) is 0 Å². The minimum Gasteiger partial charge on any atom is -0.495 e. The number of benzene rings is 2. The quantitative estimate of drug-likeness (QED) is 0.501. The first-order chi connectivity index (χ1) is 15.3. The lowest BCUT2D eigenvalue weighted by Gasteiger charge is -2.29. The molecule has 2 aromatic carbocycles. The van der Waals surface area contributed by atoms with Gasteiger partial charge in [-0.25, -0.2) is 18.2 Å². The van der Waals surface area contributed by atoms with Gasteiger partial charge in [0.2, 0.25) is 0 Å². The molecule has 1 atom stereocenters. The van der Waals surface area contributed by atoms with Gasteiger partial charge in [0.15, 0.2) is 5.11 Å². The van der Waals surface area contributed by atoms with Crippen molar-refractivity contribution >= 4 is 34.6 Å². The van der Waals surface area contributed by atoms with Crippen LogP contribution in [0.2, 0.25) is 0 Å². The minimum absolute atomic E-state index is 0.129. The third kappa shape index (κ3) is 4.16. The fourth-order valence-electron chi connectivity index (χ4n) is 3.94. The number of aryl methyl sites for hydroxylation is 1. The summed E-state index contributed by atoms with van der Waals surface area (Å²) in [5.41, 5.74) is 1.04. The van der Waals surface area contributed by atoms with Crippen LogP contribution < -0.4 is 10.1 Å². The standard InChI is InChI=1S/C22H21F3N4OS2/c1-13-3-5-15(10-16(13)23)22(20-26-12-27-32-20)7-8-29(11-22)21(31)28-17-9-14(19(24)25)4-6-18(17)30-2/h3-6,9-10,12,19H,7-8,11H2,1-2H3,(H,28,31)/t22-/m0/s1. The van der Waals surface area contributed by atoms with Crippen LogP contribution in [-0.2, 0) is 5.41 Å². The van der Waals surface area contributed by atoms with Crippen molar-refractivity contribution in [1.82, 2.24) is 14.3 Å². The molecule has 3 aromatic rings. The largest absolute Gasteiger partial charge is 0.495 e. The highest BCUT2D eigenvalue weighted by Crippen LogP contribution is 2.42. The second-order valence-corrected chi connectivity index (χ2v) is 8.82. The monoisotopic (exact) mass is 478 g/mol. The van der Waals surface area contributed by atoms with Gasteiger partial charge < -0.3 is 15.0 Å². The Hall–Kier alpha value is -2.72. The van der Waals surface area contributed by atoms with E-state index in [-0.39, 0.29) is 11.4 Å². The number of methoxy groups -OCH3 is 1. The van der Waals surface area contributed by atoms with Gasteiger partial charge in [-0.2, -0.15) is 4.37 Å². The van der Waals surface area contributed by atoms with E-state index < -0.39 is 11.8 Å². The number of aromatic nitrogens is 2. The van der Waals surface area contributed by atoms with Gasteiger partial charge in [0, 0.05) is 18.7 Å². The molecular formula is C22H21F3N4OS2. The molecule has 168 valence electrons. The van der Waals surface area contributed by atoms with E-state index in [4.69, 9.17) is 17.0 Å². The van der Waals surface area contributed by atoms with Crippen LogP contribution in [0.5, 0.6) is 5.75 Å². The molecule has 4 rings (SSSR count). The number of alkyl halides is 2.